The van der Waals surface area contributed by atoms with Crippen LogP contribution in [0, 0.1) is 29.6 Å². The first-order valence-corrected chi connectivity index (χ1v) is 33.3. The van der Waals surface area contributed by atoms with Crippen LogP contribution in [0.4, 0.5) is 0 Å². The van der Waals surface area contributed by atoms with E-state index in [4.69, 9.17) is 10.8 Å². The second-order valence-electron chi connectivity index (χ2n) is 24.6. The monoisotopic (exact) mass is 1280 g/mol. The molecule has 11 rings (SSSR count). The van der Waals surface area contributed by atoms with Crippen molar-refractivity contribution in [3.05, 3.63) is 11.6 Å². The predicted octanol–water partition coefficient (Wildman–Crippen LogP) is 5.50. The van der Waals surface area contributed by atoms with Gasteiger partial charge >= 0.3 is 28.2 Å². The number of carbonyl (C=O) groups excluding carboxylic acids is 6. The molecule has 4 bridgehead atoms. The maximum absolute atomic E-state index is 11.2. The number of fused-ring (bicyclic) bond motifs is 8. The minimum absolute atomic E-state index is 0. The zero-order valence-corrected chi connectivity index (χ0v) is 53.9. The number of nitrogens with one attached hydrogen (secondary N) is 1. The molecule has 468 valence electrons. The zero-order valence-electron chi connectivity index (χ0n) is 50.8. The van der Waals surface area contributed by atoms with Crippen molar-refractivity contribution < 1.29 is 48.9 Å². The summed E-state index contributed by atoms with van der Waals surface area (Å²) in [7, 11) is -1.44. The summed E-state index contributed by atoms with van der Waals surface area (Å²) in [4.78, 5) is 78.5. The molecule has 11 saturated heterocycles. The van der Waals surface area contributed by atoms with Gasteiger partial charge in [0.1, 0.15) is 28.9 Å². The summed E-state index contributed by atoms with van der Waals surface area (Å²) in [5, 5.41) is 41.3. The van der Waals surface area contributed by atoms with E-state index in [1.807, 2.05) is 9.62 Å². The molecule has 11 fully saturated rings. The first kappa shape index (κ1) is 76.6. The number of piperidine rings is 7. The quantitative estimate of drug-likeness (QED) is 0.0758. The topological polar surface area (TPSA) is 241 Å². The van der Waals surface area contributed by atoms with Gasteiger partial charge in [0.25, 0.3) is 0 Å². The molecular formula is C58H110B4Br2N8O10. The number of rotatable bonds is 13. The van der Waals surface area contributed by atoms with Gasteiger partial charge in [-0.3, -0.25) is 28.9 Å². The van der Waals surface area contributed by atoms with E-state index in [0.717, 1.165) is 155 Å². The van der Waals surface area contributed by atoms with Crippen LogP contribution in [-0.4, -0.2) is 233 Å². The van der Waals surface area contributed by atoms with E-state index in [-0.39, 0.29) is 40.1 Å². The summed E-state index contributed by atoms with van der Waals surface area (Å²) in [5.74, 6) is 5.22. The van der Waals surface area contributed by atoms with Crippen LogP contribution in [0.25, 0.3) is 0 Å². The van der Waals surface area contributed by atoms with Gasteiger partial charge in [0.05, 0.1) is 17.2 Å². The fraction of sp³-hybridized carbons (Fsp3) is 0.862. The SMILES string of the molecule is C.CB(O)N1CCC(=CC(C)=O)CC1.CB(O)N1CCC(=O)CC1.CB(O)N1CCC(CC(=O)CBr)CC1.CB(O)N1CCC(CC(C)=O)CC1.NC1CC2CCN(CC2)C1.O=C(CBr)CC1CCNCC1.O=C1CC2CCN(CC2)C1. The van der Waals surface area contributed by atoms with Crippen molar-refractivity contribution in [1.29, 1.82) is 0 Å². The summed E-state index contributed by atoms with van der Waals surface area (Å²) in [6.45, 7) is 26.2. The Morgan fingerprint density at radius 2 is 0.939 bits per heavy atom. The number of nitrogens with zero attached hydrogens (tertiary/aromatic N) is 6. The smallest absolute Gasteiger partial charge is 0.376 e. The molecule has 7 N–H and O–H groups in total. The van der Waals surface area contributed by atoms with Crippen LogP contribution in [0.1, 0.15) is 143 Å². The molecule has 0 radical (unpaired) electrons. The van der Waals surface area contributed by atoms with Crippen LogP contribution >= 0.6 is 31.9 Å². The van der Waals surface area contributed by atoms with Crippen molar-refractivity contribution in [2.24, 2.45) is 35.3 Å². The van der Waals surface area contributed by atoms with Crippen molar-refractivity contribution in [1.82, 2.24) is 34.4 Å². The highest BCUT2D eigenvalue weighted by Gasteiger charge is 2.30. The third kappa shape index (κ3) is 33.6. The van der Waals surface area contributed by atoms with Gasteiger partial charge in [0.2, 0.25) is 0 Å². The lowest BCUT2D eigenvalue weighted by atomic mass is 9.80. The average Bonchev–Trinajstić information content (AvgIpc) is 3.93. The van der Waals surface area contributed by atoms with Gasteiger partial charge in [0.15, 0.2) is 5.78 Å². The number of carbonyl (C=O) groups is 6. The Hall–Kier alpha value is -1.50. The summed E-state index contributed by atoms with van der Waals surface area (Å²) in [5.41, 5.74) is 7.13. The van der Waals surface area contributed by atoms with E-state index in [1.54, 1.807) is 47.2 Å². The third-order valence-corrected chi connectivity index (χ3v) is 18.7. The molecule has 11 aliphatic rings. The van der Waals surface area contributed by atoms with Gasteiger partial charge in [-0.1, -0.05) is 44.9 Å². The maximum atomic E-state index is 11.2. The van der Waals surface area contributed by atoms with Crippen LogP contribution in [0.15, 0.2) is 11.6 Å². The van der Waals surface area contributed by atoms with Crippen molar-refractivity contribution in [3.8, 4) is 0 Å². The lowest BCUT2D eigenvalue weighted by molar-refractivity contribution is -0.121. The molecule has 18 nitrogen and oxygen atoms in total. The molecule has 11 heterocycles. The second-order valence-corrected chi connectivity index (χ2v) is 25.7. The Labute approximate surface area is 514 Å². The number of allylic oxidation sites excluding steroid dienone is 1. The van der Waals surface area contributed by atoms with E-state index >= 15 is 0 Å². The van der Waals surface area contributed by atoms with Crippen molar-refractivity contribution >= 4 is 94.8 Å². The minimum atomic E-state index is -0.395. The molecule has 24 heteroatoms. The Bertz CT molecular complexity index is 1810. The van der Waals surface area contributed by atoms with Crippen LogP contribution in [0.3, 0.4) is 0 Å². The minimum Gasteiger partial charge on any atom is -0.437 e. The van der Waals surface area contributed by atoms with E-state index in [0.29, 0.717) is 83.3 Å². The summed E-state index contributed by atoms with van der Waals surface area (Å²) >= 11 is 6.35. The summed E-state index contributed by atoms with van der Waals surface area (Å²) in [6, 6.07) is 0.468. The molecule has 11 aliphatic heterocycles. The Kier molecular flexibility index (Phi) is 40.3. The summed E-state index contributed by atoms with van der Waals surface area (Å²) < 4.78 is 0. The van der Waals surface area contributed by atoms with Gasteiger partial charge < -0.3 is 60.1 Å². The molecule has 0 saturated carbocycles. The van der Waals surface area contributed by atoms with Gasteiger partial charge in [-0.2, -0.15) is 0 Å². The third-order valence-electron chi connectivity index (χ3n) is 17.4. The van der Waals surface area contributed by atoms with Crippen LogP contribution < -0.4 is 11.1 Å². The molecule has 0 spiro atoms. The fourth-order valence-electron chi connectivity index (χ4n) is 12.3. The van der Waals surface area contributed by atoms with Gasteiger partial charge in [0, 0.05) is 51.1 Å². The number of hydrogen-bond acceptors (Lipinski definition) is 18. The number of hydrogen-bond donors (Lipinski definition) is 6. The number of nitrogens with two attached hydrogens (primary N) is 1. The van der Waals surface area contributed by atoms with E-state index < -0.39 is 7.05 Å². The Balaban J connectivity index is 0.000000327. The van der Waals surface area contributed by atoms with Crippen molar-refractivity contribution in [3.63, 3.8) is 0 Å². The molecule has 0 aromatic heterocycles. The molecule has 0 aromatic rings. The molecule has 0 aromatic carbocycles. The highest BCUT2D eigenvalue weighted by atomic mass is 79.9. The van der Waals surface area contributed by atoms with E-state index in [1.165, 1.54) is 63.6 Å². The standard InChI is InChI=1S/C9H17BBrNO2.C9H18BNO2.C9H16BNO2.C8H14BrNO.C8H16N2.C8H13NO.C6H12BNO2.CH4/c1-10(14)12-4-2-8(3-5-12)6-9(13)7-11;2*1-8(12)7-9-3-5-11(6-4-9)10(2)13;9-6-8(11)5-7-1-3-10-4-2-7;9-8-5-7-1-3-10(6-8)4-2-7;10-8-5-7-1-3-9(6-8)4-2-7;1-7(10)8-4-2-6(9)3-5-8;/h8,14H,2-7H2,1H3;9,13H,3-7H2,1-2H3;7,13H,3-6H2,1-2H3;7,10H,1-6H2;7-8H,1-6,9H2;7H,1-6H2;10H,2-5H2,1H3;1H4. The predicted molar refractivity (Wildman–Crippen MR) is 344 cm³/mol. The second kappa shape index (κ2) is 43.2. The maximum Gasteiger partial charge on any atom is 0.376 e. The lowest BCUT2D eigenvalue weighted by Gasteiger charge is -2.32. The Morgan fingerprint density at radius 3 is 1.35 bits per heavy atom. The van der Waals surface area contributed by atoms with Gasteiger partial charge in [-0.05, 0) is 252 Å². The van der Waals surface area contributed by atoms with Crippen molar-refractivity contribution in [2.45, 2.75) is 177 Å². The highest BCUT2D eigenvalue weighted by molar-refractivity contribution is 9.09. The van der Waals surface area contributed by atoms with Crippen LogP contribution in [0.5, 0.6) is 0 Å². The highest BCUT2D eigenvalue weighted by Crippen LogP contribution is 2.27. The van der Waals surface area contributed by atoms with Crippen LogP contribution in [0.2, 0.25) is 27.3 Å². The van der Waals surface area contributed by atoms with Crippen molar-refractivity contribution in [2.75, 3.05) is 115 Å². The number of alkyl halides is 2. The molecule has 1 unspecified atom stereocenters. The zero-order chi connectivity index (χ0) is 59.9. The fourth-order valence-corrected chi connectivity index (χ4v) is 12.8. The van der Waals surface area contributed by atoms with E-state index in [2.05, 4.69) is 56.6 Å². The van der Waals surface area contributed by atoms with Gasteiger partial charge in [-0.25, -0.2) is 0 Å². The number of halogens is 2. The molecule has 0 amide bonds. The molecule has 82 heavy (non-hydrogen) atoms. The first-order chi connectivity index (χ1) is 38.5. The van der Waals surface area contributed by atoms with E-state index in [9.17, 15) is 43.8 Å². The number of ketones is 6. The normalized spacial score (nSPS) is 25.4. The molecular weight excluding hydrogens is 1170 g/mol. The van der Waals surface area contributed by atoms with Gasteiger partial charge in [-0.15, -0.1) is 0 Å². The summed E-state index contributed by atoms with van der Waals surface area (Å²) in [6.07, 6.45) is 20.8. The molecule has 0 aliphatic carbocycles. The Morgan fingerprint density at radius 1 is 0.549 bits per heavy atom. The first-order valence-electron chi connectivity index (χ1n) is 31.0. The molecule has 1 atom stereocenters. The average molecular weight is 1280 g/mol. The van der Waals surface area contributed by atoms with Crippen LogP contribution in [-0.2, 0) is 28.8 Å². The largest absolute Gasteiger partial charge is 0.437 e. The number of Topliss-reactive ketones (excluding diaryl/α,β-unsaturated/α-hetero) is 5. The lowest BCUT2D eigenvalue weighted by Crippen LogP contribution is -2.43.